The number of nitrogens with zero attached hydrogens (tertiary/aromatic N) is 1. The Morgan fingerprint density at radius 2 is 1.94 bits per heavy atom. The number of nitrogens with two attached hydrogens (primary N) is 2. The minimum atomic E-state index is -0.334. The Balaban J connectivity index is 3.10. The van der Waals surface area contributed by atoms with Crippen LogP contribution in [0.25, 0.3) is 0 Å². The first-order valence-corrected chi connectivity index (χ1v) is 5.50. The molecule has 4 nitrogen and oxygen atoms in total. The molecule has 0 aliphatic carbocycles. The number of nitrogen functional groups attached to an aromatic ring is 1. The second kappa shape index (κ2) is 5.39. The molecule has 0 unspecified atom stereocenters. The molecule has 1 amide bonds. The Labute approximate surface area is 96.2 Å². The number of rotatable bonds is 5. The molecule has 0 saturated heterocycles. The summed E-state index contributed by atoms with van der Waals surface area (Å²) in [5, 5.41) is 0. The number of hydrogen-bond donors (Lipinski definition) is 2. The minimum Gasteiger partial charge on any atom is -0.399 e. The standard InChI is InChI=1S/C12H19N3O/c1-3-15(4-2)11-6-5-10(13)7-9(11)8-12(14)16/h5-7H,3-4,8,13H2,1-2H3,(H2,14,16). The van der Waals surface area contributed by atoms with Gasteiger partial charge in [0.1, 0.15) is 0 Å². The number of hydrogen-bond acceptors (Lipinski definition) is 3. The summed E-state index contributed by atoms with van der Waals surface area (Å²) in [4.78, 5) is 13.2. The average molecular weight is 221 g/mol. The molecular formula is C12H19N3O. The van der Waals surface area contributed by atoms with E-state index in [1.807, 2.05) is 18.2 Å². The van der Waals surface area contributed by atoms with Gasteiger partial charge in [0.15, 0.2) is 0 Å². The van der Waals surface area contributed by atoms with Gasteiger partial charge in [0, 0.05) is 24.5 Å². The molecule has 0 fully saturated rings. The smallest absolute Gasteiger partial charge is 0.221 e. The van der Waals surface area contributed by atoms with Crippen molar-refractivity contribution in [3.8, 4) is 0 Å². The van der Waals surface area contributed by atoms with E-state index in [2.05, 4.69) is 18.7 Å². The molecular weight excluding hydrogens is 202 g/mol. The van der Waals surface area contributed by atoms with Crippen molar-refractivity contribution in [2.24, 2.45) is 5.73 Å². The monoisotopic (exact) mass is 221 g/mol. The number of benzene rings is 1. The lowest BCUT2D eigenvalue weighted by atomic mass is 10.1. The van der Waals surface area contributed by atoms with Crippen molar-refractivity contribution in [1.29, 1.82) is 0 Å². The summed E-state index contributed by atoms with van der Waals surface area (Å²) in [5.41, 5.74) is 13.5. The number of anilines is 2. The molecule has 0 aliphatic heterocycles. The first kappa shape index (κ1) is 12.4. The van der Waals surface area contributed by atoms with Crippen molar-refractivity contribution in [2.45, 2.75) is 20.3 Å². The zero-order valence-electron chi connectivity index (χ0n) is 9.86. The van der Waals surface area contributed by atoms with Gasteiger partial charge in [-0.1, -0.05) is 0 Å². The van der Waals surface area contributed by atoms with E-state index in [9.17, 15) is 4.79 Å². The van der Waals surface area contributed by atoms with Crippen molar-refractivity contribution < 1.29 is 4.79 Å². The number of amides is 1. The molecule has 1 aromatic carbocycles. The van der Waals surface area contributed by atoms with Gasteiger partial charge in [0.05, 0.1) is 6.42 Å². The van der Waals surface area contributed by atoms with E-state index in [1.165, 1.54) is 0 Å². The van der Waals surface area contributed by atoms with Crippen molar-refractivity contribution in [2.75, 3.05) is 23.7 Å². The maximum Gasteiger partial charge on any atom is 0.221 e. The minimum absolute atomic E-state index is 0.233. The molecule has 0 aromatic heterocycles. The molecule has 0 heterocycles. The summed E-state index contributed by atoms with van der Waals surface area (Å²) < 4.78 is 0. The van der Waals surface area contributed by atoms with Crippen LogP contribution in [0.2, 0.25) is 0 Å². The molecule has 0 atom stereocenters. The van der Waals surface area contributed by atoms with Crippen molar-refractivity contribution in [3.63, 3.8) is 0 Å². The van der Waals surface area contributed by atoms with Gasteiger partial charge >= 0.3 is 0 Å². The number of carbonyl (C=O) groups excluding carboxylic acids is 1. The van der Waals surface area contributed by atoms with Crippen LogP contribution < -0.4 is 16.4 Å². The quantitative estimate of drug-likeness (QED) is 0.732. The largest absolute Gasteiger partial charge is 0.399 e. The van der Waals surface area contributed by atoms with Crippen molar-refractivity contribution >= 4 is 17.3 Å². The van der Waals surface area contributed by atoms with E-state index in [4.69, 9.17) is 11.5 Å². The van der Waals surface area contributed by atoms with Gasteiger partial charge in [0.25, 0.3) is 0 Å². The summed E-state index contributed by atoms with van der Waals surface area (Å²) in [7, 11) is 0. The van der Waals surface area contributed by atoms with Crippen LogP contribution in [0.4, 0.5) is 11.4 Å². The lowest BCUT2D eigenvalue weighted by Crippen LogP contribution is -2.24. The summed E-state index contributed by atoms with van der Waals surface area (Å²) in [6.07, 6.45) is 0.233. The highest BCUT2D eigenvalue weighted by atomic mass is 16.1. The Morgan fingerprint density at radius 1 is 1.31 bits per heavy atom. The Morgan fingerprint density at radius 3 is 2.44 bits per heavy atom. The molecule has 0 spiro atoms. The van der Waals surface area contributed by atoms with Crippen molar-refractivity contribution in [1.82, 2.24) is 0 Å². The zero-order valence-corrected chi connectivity index (χ0v) is 9.86. The summed E-state index contributed by atoms with van der Waals surface area (Å²) >= 11 is 0. The SMILES string of the molecule is CCN(CC)c1ccc(N)cc1CC(N)=O. The van der Waals surface area contributed by atoms with E-state index in [0.29, 0.717) is 5.69 Å². The first-order valence-electron chi connectivity index (χ1n) is 5.50. The Kier molecular flexibility index (Phi) is 4.17. The summed E-state index contributed by atoms with van der Waals surface area (Å²) in [5.74, 6) is -0.334. The van der Waals surface area contributed by atoms with Gasteiger partial charge in [-0.05, 0) is 37.6 Å². The van der Waals surface area contributed by atoms with Crippen LogP contribution in [0.5, 0.6) is 0 Å². The van der Waals surface area contributed by atoms with Gasteiger partial charge in [0.2, 0.25) is 5.91 Å². The topological polar surface area (TPSA) is 72.3 Å². The van der Waals surface area contributed by atoms with Crippen LogP contribution >= 0.6 is 0 Å². The highest BCUT2D eigenvalue weighted by Gasteiger charge is 2.10. The van der Waals surface area contributed by atoms with Crippen LogP contribution in [-0.2, 0) is 11.2 Å². The van der Waals surface area contributed by atoms with E-state index in [0.717, 1.165) is 24.3 Å². The molecule has 0 aliphatic rings. The van der Waals surface area contributed by atoms with Gasteiger partial charge in [-0.3, -0.25) is 4.79 Å². The number of primary amides is 1. The fourth-order valence-corrected chi connectivity index (χ4v) is 1.81. The predicted molar refractivity (Wildman–Crippen MR) is 67.3 cm³/mol. The van der Waals surface area contributed by atoms with E-state index in [1.54, 1.807) is 0 Å². The second-order valence-electron chi connectivity index (χ2n) is 3.70. The normalized spacial score (nSPS) is 10.1. The second-order valence-corrected chi connectivity index (χ2v) is 3.70. The molecule has 4 heteroatoms. The third-order valence-corrected chi connectivity index (χ3v) is 2.57. The van der Waals surface area contributed by atoms with E-state index >= 15 is 0 Å². The van der Waals surface area contributed by atoms with Crippen molar-refractivity contribution in [3.05, 3.63) is 23.8 Å². The maximum atomic E-state index is 11.0. The highest BCUT2D eigenvalue weighted by molar-refractivity contribution is 5.79. The molecule has 16 heavy (non-hydrogen) atoms. The average Bonchev–Trinajstić information content (AvgIpc) is 2.21. The molecule has 0 radical (unpaired) electrons. The third-order valence-electron chi connectivity index (χ3n) is 2.57. The van der Waals surface area contributed by atoms with Gasteiger partial charge < -0.3 is 16.4 Å². The highest BCUT2D eigenvalue weighted by Crippen LogP contribution is 2.23. The van der Waals surface area contributed by atoms with Crippen LogP contribution in [0.1, 0.15) is 19.4 Å². The van der Waals surface area contributed by atoms with Crippen LogP contribution in [0.15, 0.2) is 18.2 Å². The Hall–Kier alpha value is -1.71. The molecule has 88 valence electrons. The molecule has 1 aromatic rings. The number of carbonyl (C=O) groups is 1. The summed E-state index contributed by atoms with van der Waals surface area (Å²) in [6, 6.07) is 5.61. The lowest BCUT2D eigenvalue weighted by molar-refractivity contribution is -0.117. The molecule has 4 N–H and O–H groups in total. The van der Waals surface area contributed by atoms with Gasteiger partial charge in [-0.15, -0.1) is 0 Å². The molecule has 0 bridgehead atoms. The van der Waals surface area contributed by atoms with Crippen LogP contribution in [-0.4, -0.2) is 19.0 Å². The van der Waals surface area contributed by atoms with Gasteiger partial charge in [-0.2, -0.15) is 0 Å². The van der Waals surface area contributed by atoms with Gasteiger partial charge in [-0.25, -0.2) is 0 Å². The molecule has 0 saturated carbocycles. The summed E-state index contributed by atoms with van der Waals surface area (Å²) in [6.45, 7) is 5.94. The van der Waals surface area contributed by atoms with E-state index < -0.39 is 0 Å². The Bertz CT molecular complexity index is 373. The third kappa shape index (κ3) is 2.89. The van der Waals surface area contributed by atoms with E-state index in [-0.39, 0.29) is 12.3 Å². The predicted octanol–water partition coefficient (Wildman–Crippen LogP) is 1.14. The molecule has 1 rings (SSSR count). The fraction of sp³-hybridized carbons (Fsp3) is 0.417. The van der Waals surface area contributed by atoms with Crippen LogP contribution in [0, 0.1) is 0 Å². The zero-order chi connectivity index (χ0) is 12.1. The van der Waals surface area contributed by atoms with Crippen LogP contribution in [0.3, 0.4) is 0 Å². The fourth-order valence-electron chi connectivity index (χ4n) is 1.81. The lowest BCUT2D eigenvalue weighted by Gasteiger charge is -2.24. The maximum absolute atomic E-state index is 11.0. The first-order chi connectivity index (χ1) is 7.58.